The Kier molecular flexibility index (Phi) is 2.95. The highest BCUT2D eigenvalue weighted by Gasteiger charge is 2.65. The van der Waals surface area contributed by atoms with E-state index in [9.17, 15) is 4.79 Å². The first-order valence-corrected chi connectivity index (χ1v) is 8.13. The molecule has 3 aliphatic carbocycles. The van der Waals surface area contributed by atoms with Gasteiger partial charge in [-0.2, -0.15) is 0 Å². The minimum atomic E-state index is -0.244. The summed E-state index contributed by atoms with van der Waals surface area (Å²) in [6.07, 6.45) is 7.68. The molecule has 3 saturated carbocycles. The minimum absolute atomic E-state index is 0.244. The number of ether oxygens (including phenoxy) is 2. The standard InChI is InChI=1S/C17H24O3/c1-9(2)17(18)19-5-3-4-10-6-11-7-12(10)13-8-14-16(20-14)15(11)13/h10-16H,1,3-8H2,2H3. The van der Waals surface area contributed by atoms with Gasteiger partial charge in [0.25, 0.3) is 0 Å². The third kappa shape index (κ3) is 1.93. The summed E-state index contributed by atoms with van der Waals surface area (Å²) >= 11 is 0. The van der Waals surface area contributed by atoms with Crippen LogP contribution < -0.4 is 0 Å². The quantitative estimate of drug-likeness (QED) is 0.335. The molecule has 1 aliphatic heterocycles. The third-order valence-electron chi connectivity index (χ3n) is 6.18. The van der Waals surface area contributed by atoms with Gasteiger partial charge in [-0.25, -0.2) is 4.79 Å². The Morgan fingerprint density at radius 1 is 1.30 bits per heavy atom. The molecule has 3 nitrogen and oxygen atoms in total. The molecule has 0 aromatic carbocycles. The van der Waals surface area contributed by atoms with Gasteiger partial charge in [-0.1, -0.05) is 6.58 Å². The van der Waals surface area contributed by atoms with Gasteiger partial charge < -0.3 is 9.47 Å². The average Bonchev–Trinajstić information content (AvgIpc) is 2.81. The minimum Gasteiger partial charge on any atom is -0.462 e. The van der Waals surface area contributed by atoms with Gasteiger partial charge in [-0.15, -0.1) is 0 Å². The van der Waals surface area contributed by atoms with Crippen molar-refractivity contribution in [1.29, 1.82) is 0 Å². The average molecular weight is 276 g/mol. The summed E-state index contributed by atoms with van der Waals surface area (Å²) in [5, 5.41) is 0. The van der Waals surface area contributed by atoms with Gasteiger partial charge in [0.15, 0.2) is 0 Å². The van der Waals surface area contributed by atoms with Crippen molar-refractivity contribution in [3.8, 4) is 0 Å². The number of esters is 1. The molecule has 0 radical (unpaired) electrons. The normalized spacial score (nSPS) is 47.0. The zero-order valence-corrected chi connectivity index (χ0v) is 12.2. The number of hydrogen-bond donors (Lipinski definition) is 0. The number of carbonyl (C=O) groups excluding carboxylic acids is 1. The molecule has 0 amide bonds. The zero-order chi connectivity index (χ0) is 13.9. The summed E-state index contributed by atoms with van der Waals surface area (Å²) in [5.74, 6) is 4.37. The van der Waals surface area contributed by atoms with Crippen molar-refractivity contribution < 1.29 is 14.3 Å². The van der Waals surface area contributed by atoms with Crippen molar-refractivity contribution in [2.24, 2.45) is 29.6 Å². The van der Waals surface area contributed by atoms with Crippen molar-refractivity contribution in [2.75, 3.05) is 6.61 Å². The molecule has 1 saturated heterocycles. The summed E-state index contributed by atoms with van der Waals surface area (Å²) in [6, 6.07) is 0. The molecule has 0 aromatic heterocycles. The molecule has 1 heterocycles. The van der Waals surface area contributed by atoms with Gasteiger partial charge in [-0.05, 0) is 68.6 Å². The summed E-state index contributed by atoms with van der Waals surface area (Å²) in [4.78, 5) is 11.3. The maximum atomic E-state index is 11.3. The van der Waals surface area contributed by atoms with Crippen molar-refractivity contribution >= 4 is 5.97 Å². The van der Waals surface area contributed by atoms with Gasteiger partial charge in [0.05, 0.1) is 18.8 Å². The highest BCUT2D eigenvalue weighted by molar-refractivity contribution is 5.86. The Labute approximate surface area is 120 Å². The Balaban J connectivity index is 1.24. The van der Waals surface area contributed by atoms with Crippen LogP contribution in [0.1, 0.15) is 39.0 Å². The molecule has 2 bridgehead atoms. The Morgan fingerprint density at radius 3 is 2.95 bits per heavy atom. The van der Waals surface area contributed by atoms with E-state index in [4.69, 9.17) is 9.47 Å². The van der Waals surface area contributed by atoms with Crippen LogP contribution in [0.5, 0.6) is 0 Å². The predicted octanol–water partition coefficient (Wildman–Crippen LogP) is 2.95. The summed E-state index contributed by atoms with van der Waals surface area (Å²) in [5.41, 5.74) is 0.498. The predicted molar refractivity (Wildman–Crippen MR) is 75.0 cm³/mol. The van der Waals surface area contributed by atoms with Crippen molar-refractivity contribution in [3.05, 3.63) is 12.2 Å². The van der Waals surface area contributed by atoms with E-state index in [2.05, 4.69) is 6.58 Å². The van der Waals surface area contributed by atoms with Gasteiger partial charge >= 0.3 is 5.97 Å². The second-order valence-electron chi connectivity index (χ2n) is 7.33. The molecular formula is C17H24O3. The molecule has 110 valence electrons. The summed E-state index contributed by atoms with van der Waals surface area (Å²) in [6.45, 7) is 5.86. The van der Waals surface area contributed by atoms with Gasteiger partial charge in [0.2, 0.25) is 0 Å². The van der Waals surface area contributed by atoms with Crippen molar-refractivity contribution in [1.82, 2.24) is 0 Å². The molecule has 20 heavy (non-hydrogen) atoms. The molecule has 3 heteroatoms. The van der Waals surface area contributed by atoms with Crippen LogP contribution >= 0.6 is 0 Å². The van der Waals surface area contributed by atoms with Crippen LogP contribution in [0.25, 0.3) is 0 Å². The van der Waals surface area contributed by atoms with E-state index in [-0.39, 0.29) is 5.97 Å². The smallest absolute Gasteiger partial charge is 0.333 e. The zero-order valence-electron chi connectivity index (χ0n) is 12.2. The van der Waals surface area contributed by atoms with E-state index in [0.29, 0.717) is 24.4 Å². The first-order valence-electron chi connectivity index (χ1n) is 8.13. The molecule has 4 rings (SSSR count). The SMILES string of the molecule is C=C(C)C(=O)OCCCC1CC2CC1C1CC3OC3C21. The second-order valence-corrected chi connectivity index (χ2v) is 7.33. The lowest BCUT2D eigenvalue weighted by molar-refractivity contribution is -0.139. The van der Waals surface area contributed by atoms with Crippen molar-refractivity contribution in [2.45, 2.75) is 51.2 Å². The fourth-order valence-electron chi connectivity index (χ4n) is 5.44. The molecule has 7 unspecified atom stereocenters. The second kappa shape index (κ2) is 4.59. The maximum absolute atomic E-state index is 11.3. The maximum Gasteiger partial charge on any atom is 0.333 e. The van der Waals surface area contributed by atoms with E-state index >= 15 is 0 Å². The van der Waals surface area contributed by atoms with E-state index in [0.717, 1.165) is 36.0 Å². The number of carbonyl (C=O) groups is 1. The summed E-state index contributed by atoms with van der Waals surface area (Å²) < 4.78 is 10.9. The van der Waals surface area contributed by atoms with Crippen molar-refractivity contribution in [3.63, 3.8) is 0 Å². The van der Waals surface area contributed by atoms with E-state index in [1.807, 2.05) is 0 Å². The van der Waals surface area contributed by atoms with E-state index < -0.39 is 0 Å². The molecule has 4 fully saturated rings. The molecule has 4 aliphatic rings. The Hall–Kier alpha value is -0.830. The summed E-state index contributed by atoms with van der Waals surface area (Å²) in [7, 11) is 0. The first-order chi connectivity index (χ1) is 9.65. The number of rotatable bonds is 5. The van der Waals surface area contributed by atoms with Gasteiger partial charge in [-0.3, -0.25) is 0 Å². The van der Waals surface area contributed by atoms with Gasteiger partial charge in [0.1, 0.15) is 0 Å². The number of epoxide rings is 1. The van der Waals surface area contributed by atoms with Crippen LogP contribution in [0.15, 0.2) is 12.2 Å². The molecule has 0 spiro atoms. The number of hydrogen-bond acceptors (Lipinski definition) is 3. The topological polar surface area (TPSA) is 38.8 Å². The molecule has 0 N–H and O–H groups in total. The Morgan fingerprint density at radius 2 is 2.15 bits per heavy atom. The lowest BCUT2D eigenvalue weighted by atomic mass is 9.74. The Bertz CT molecular complexity index is 444. The first kappa shape index (κ1) is 12.9. The fraction of sp³-hybridized carbons (Fsp3) is 0.824. The highest BCUT2D eigenvalue weighted by Crippen LogP contribution is 2.66. The van der Waals surface area contributed by atoms with Crippen LogP contribution in [0.4, 0.5) is 0 Å². The fourth-order valence-corrected chi connectivity index (χ4v) is 5.44. The van der Waals surface area contributed by atoms with Crippen LogP contribution in [0.3, 0.4) is 0 Å². The van der Waals surface area contributed by atoms with Crippen LogP contribution in [0.2, 0.25) is 0 Å². The van der Waals surface area contributed by atoms with Crippen LogP contribution in [-0.2, 0) is 14.3 Å². The molecule has 0 aromatic rings. The number of fused-ring (bicyclic) bond motifs is 7. The third-order valence-corrected chi connectivity index (χ3v) is 6.18. The van der Waals surface area contributed by atoms with Crippen LogP contribution in [-0.4, -0.2) is 24.8 Å². The largest absolute Gasteiger partial charge is 0.462 e. The monoisotopic (exact) mass is 276 g/mol. The molecule has 7 atom stereocenters. The lowest BCUT2D eigenvalue weighted by Gasteiger charge is -2.32. The highest BCUT2D eigenvalue weighted by atomic mass is 16.6. The van der Waals surface area contributed by atoms with Crippen LogP contribution in [0, 0.1) is 29.6 Å². The van der Waals surface area contributed by atoms with E-state index in [1.165, 1.54) is 25.7 Å². The van der Waals surface area contributed by atoms with Gasteiger partial charge in [0, 0.05) is 5.57 Å². The van der Waals surface area contributed by atoms with E-state index in [1.54, 1.807) is 6.92 Å². The molecular weight excluding hydrogens is 252 g/mol. The lowest BCUT2D eigenvalue weighted by Crippen LogP contribution is -2.28.